The van der Waals surface area contributed by atoms with Crippen LogP contribution in [0.1, 0.15) is 51.9 Å². The van der Waals surface area contributed by atoms with E-state index in [2.05, 4.69) is 51.1 Å². The highest BCUT2D eigenvalue weighted by Crippen LogP contribution is 2.28. The average molecular weight is 248 g/mol. The van der Waals surface area contributed by atoms with E-state index >= 15 is 0 Å². The largest absolute Gasteiger partial charge is 0.298 e. The summed E-state index contributed by atoms with van der Waals surface area (Å²) >= 11 is 0. The van der Waals surface area contributed by atoms with Gasteiger partial charge in [-0.15, -0.1) is 0 Å². The van der Waals surface area contributed by atoms with Crippen LogP contribution in [0.3, 0.4) is 0 Å². The van der Waals surface area contributed by atoms with Gasteiger partial charge in [-0.25, -0.2) is 0 Å². The van der Waals surface area contributed by atoms with E-state index in [0.29, 0.717) is 5.92 Å². The SMILES string of the molecule is CC(C)CNC(C#N)c1cn(C)nc1C(C)(C)C. The van der Waals surface area contributed by atoms with Gasteiger partial charge in [-0.1, -0.05) is 34.6 Å². The van der Waals surface area contributed by atoms with E-state index in [4.69, 9.17) is 0 Å². The van der Waals surface area contributed by atoms with Crippen molar-refractivity contribution < 1.29 is 0 Å². The summed E-state index contributed by atoms with van der Waals surface area (Å²) in [5.74, 6) is 0.524. The van der Waals surface area contributed by atoms with Gasteiger partial charge in [-0.3, -0.25) is 10.00 Å². The van der Waals surface area contributed by atoms with E-state index in [0.717, 1.165) is 17.8 Å². The van der Waals surface area contributed by atoms with Crippen LogP contribution in [-0.4, -0.2) is 16.3 Å². The Morgan fingerprint density at radius 1 is 1.44 bits per heavy atom. The Morgan fingerprint density at radius 3 is 2.50 bits per heavy atom. The summed E-state index contributed by atoms with van der Waals surface area (Å²) in [5, 5.41) is 17.1. The molecule has 0 saturated carbocycles. The van der Waals surface area contributed by atoms with Crippen molar-refractivity contribution in [1.82, 2.24) is 15.1 Å². The van der Waals surface area contributed by atoms with Crippen LogP contribution >= 0.6 is 0 Å². The highest BCUT2D eigenvalue weighted by molar-refractivity contribution is 5.31. The Bertz CT molecular complexity index is 432. The first-order valence-corrected chi connectivity index (χ1v) is 6.42. The summed E-state index contributed by atoms with van der Waals surface area (Å²) in [6.45, 7) is 11.5. The maximum Gasteiger partial charge on any atom is 0.124 e. The van der Waals surface area contributed by atoms with E-state index in [1.54, 1.807) is 4.68 Å². The second-order valence-electron chi connectivity index (χ2n) is 6.22. The number of aryl methyl sites for hydroxylation is 1. The summed E-state index contributed by atoms with van der Waals surface area (Å²) < 4.78 is 1.79. The lowest BCUT2D eigenvalue weighted by molar-refractivity contribution is 0.507. The fourth-order valence-electron chi connectivity index (χ4n) is 1.88. The summed E-state index contributed by atoms with van der Waals surface area (Å²) in [7, 11) is 1.90. The molecule has 0 radical (unpaired) electrons. The molecule has 1 rings (SSSR count). The van der Waals surface area contributed by atoms with Gasteiger partial charge in [0.2, 0.25) is 0 Å². The van der Waals surface area contributed by atoms with Gasteiger partial charge >= 0.3 is 0 Å². The molecule has 1 heterocycles. The monoisotopic (exact) mass is 248 g/mol. The first-order valence-electron chi connectivity index (χ1n) is 6.42. The highest BCUT2D eigenvalue weighted by atomic mass is 15.3. The molecule has 1 aromatic rings. The van der Waals surface area contributed by atoms with E-state index < -0.39 is 0 Å². The van der Waals surface area contributed by atoms with Crippen LogP contribution in [0, 0.1) is 17.2 Å². The highest BCUT2D eigenvalue weighted by Gasteiger charge is 2.26. The fourth-order valence-corrected chi connectivity index (χ4v) is 1.88. The number of nitrogens with zero attached hydrogens (tertiary/aromatic N) is 3. The Hall–Kier alpha value is -1.34. The van der Waals surface area contributed by atoms with Gasteiger partial charge in [-0.2, -0.15) is 10.4 Å². The third-order valence-electron chi connectivity index (χ3n) is 2.74. The van der Waals surface area contributed by atoms with E-state index in [1.807, 2.05) is 13.2 Å². The molecule has 0 amide bonds. The van der Waals surface area contributed by atoms with E-state index in [-0.39, 0.29) is 11.5 Å². The lowest BCUT2D eigenvalue weighted by Gasteiger charge is -2.20. The third-order valence-corrected chi connectivity index (χ3v) is 2.74. The predicted octanol–water partition coefficient (Wildman–Crippen LogP) is 2.53. The zero-order valence-corrected chi connectivity index (χ0v) is 12.3. The third kappa shape index (κ3) is 3.58. The molecule has 0 spiro atoms. The maximum atomic E-state index is 9.34. The van der Waals surface area contributed by atoms with Crippen molar-refractivity contribution in [2.75, 3.05) is 6.54 Å². The zero-order chi connectivity index (χ0) is 13.9. The molecule has 1 N–H and O–H groups in total. The second kappa shape index (κ2) is 5.53. The first-order chi connectivity index (χ1) is 8.25. The molecular formula is C14H24N4. The molecule has 4 heteroatoms. The van der Waals surface area contributed by atoms with Gasteiger partial charge in [-0.05, 0) is 12.5 Å². The maximum absolute atomic E-state index is 9.34. The minimum Gasteiger partial charge on any atom is -0.298 e. The lowest BCUT2D eigenvalue weighted by atomic mass is 9.87. The van der Waals surface area contributed by atoms with Crippen LogP contribution < -0.4 is 5.32 Å². The molecule has 0 aliphatic rings. The fraction of sp³-hybridized carbons (Fsp3) is 0.714. The van der Waals surface area contributed by atoms with Gasteiger partial charge < -0.3 is 0 Å². The van der Waals surface area contributed by atoms with Crippen LogP contribution in [0.2, 0.25) is 0 Å². The number of nitrogens with one attached hydrogen (secondary N) is 1. The molecule has 0 fully saturated rings. The number of nitriles is 1. The molecule has 0 aromatic carbocycles. The van der Waals surface area contributed by atoms with Gasteiger partial charge in [0.15, 0.2) is 0 Å². The molecule has 0 bridgehead atoms. The van der Waals surface area contributed by atoms with Crippen LogP contribution in [0.25, 0.3) is 0 Å². The van der Waals surface area contributed by atoms with E-state index in [9.17, 15) is 5.26 Å². The predicted molar refractivity (Wildman–Crippen MR) is 73.1 cm³/mol. The number of rotatable bonds is 4. The molecule has 100 valence electrons. The van der Waals surface area contributed by atoms with Crippen LogP contribution in [0.15, 0.2) is 6.20 Å². The van der Waals surface area contributed by atoms with Crippen molar-refractivity contribution in [3.63, 3.8) is 0 Å². The zero-order valence-electron chi connectivity index (χ0n) is 12.3. The average Bonchev–Trinajstić information content (AvgIpc) is 2.60. The Morgan fingerprint density at radius 2 is 2.06 bits per heavy atom. The topological polar surface area (TPSA) is 53.6 Å². The van der Waals surface area contributed by atoms with Crippen molar-refractivity contribution in [2.45, 2.75) is 46.1 Å². The van der Waals surface area contributed by atoms with Crippen LogP contribution in [-0.2, 0) is 12.5 Å². The van der Waals surface area contributed by atoms with Crippen molar-refractivity contribution >= 4 is 0 Å². The van der Waals surface area contributed by atoms with Crippen molar-refractivity contribution in [2.24, 2.45) is 13.0 Å². The van der Waals surface area contributed by atoms with Crippen LogP contribution in [0.5, 0.6) is 0 Å². The summed E-state index contributed by atoms with van der Waals surface area (Å²) in [6.07, 6.45) is 1.95. The minimum absolute atomic E-state index is 0.0504. The normalized spacial score (nSPS) is 13.7. The second-order valence-corrected chi connectivity index (χ2v) is 6.22. The molecule has 0 aliphatic carbocycles. The Kier molecular flexibility index (Phi) is 4.53. The lowest BCUT2D eigenvalue weighted by Crippen LogP contribution is -2.26. The molecule has 1 unspecified atom stereocenters. The minimum atomic E-state index is -0.282. The number of aromatic nitrogens is 2. The van der Waals surface area contributed by atoms with Crippen molar-refractivity contribution in [3.05, 3.63) is 17.5 Å². The van der Waals surface area contributed by atoms with Crippen molar-refractivity contribution in [1.29, 1.82) is 5.26 Å². The number of hydrogen-bond donors (Lipinski definition) is 1. The standard InChI is InChI=1S/C14H24N4/c1-10(2)8-16-12(7-15)11-9-18(6)17-13(11)14(3,4)5/h9-10,12,16H,8H2,1-6H3. The molecule has 1 atom stereocenters. The summed E-state index contributed by atoms with van der Waals surface area (Å²) in [5.41, 5.74) is 1.94. The van der Waals surface area contributed by atoms with Gasteiger partial charge in [0.25, 0.3) is 0 Å². The molecular weight excluding hydrogens is 224 g/mol. The quantitative estimate of drug-likeness (QED) is 0.890. The van der Waals surface area contributed by atoms with E-state index in [1.165, 1.54) is 0 Å². The summed E-state index contributed by atoms with van der Waals surface area (Å²) in [4.78, 5) is 0. The molecule has 4 nitrogen and oxygen atoms in total. The molecule has 0 aliphatic heterocycles. The molecule has 0 saturated heterocycles. The van der Waals surface area contributed by atoms with Crippen molar-refractivity contribution in [3.8, 4) is 6.07 Å². The van der Waals surface area contributed by atoms with Gasteiger partial charge in [0, 0.05) is 24.2 Å². The van der Waals surface area contributed by atoms with Gasteiger partial charge in [0.05, 0.1) is 11.8 Å². The molecule has 1 aromatic heterocycles. The van der Waals surface area contributed by atoms with Crippen LogP contribution in [0.4, 0.5) is 0 Å². The molecule has 18 heavy (non-hydrogen) atoms. The first kappa shape index (κ1) is 14.7. The number of hydrogen-bond acceptors (Lipinski definition) is 3. The van der Waals surface area contributed by atoms with Gasteiger partial charge in [0.1, 0.15) is 6.04 Å². The smallest absolute Gasteiger partial charge is 0.124 e. The Labute approximate surface area is 110 Å². The Balaban J connectivity index is 3.03. The summed E-state index contributed by atoms with van der Waals surface area (Å²) in [6, 6.07) is 2.05.